The van der Waals surface area contributed by atoms with E-state index >= 15 is 0 Å². The molecule has 3 aromatic heterocycles. The first-order valence-electron chi connectivity index (χ1n) is 12.2. The van der Waals surface area contributed by atoms with E-state index in [1.807, 2.05) is 0 Å². The maximum absolute atomic E-state index is 14.6. The summed E-state index contributed by atoms with van der Waals surface area (Å²) in [6.45, 7) is 3.68. The Morgan fingerprint density at radius 2 is 2.05 bits per heavy atom. The maximum Gasteiger partial charge on any atom is 0.253 e. The lowest BCUT2D eigenvalue weighted by molar-refractivity contribution is -0.114. The molecule has 2 N–H and O–H groups in total. The van der Waals surface area contributed by atoms with Crippen molar-refractivity contribution in [2.75, 3.05) is 11.9 Å². The highest BCUT2D eigenvalue weighted by molar-refractivity contribution is 5.96. The van der Waals surface area contributed by atoms with Gasteiger partial charge < -0.3 is 15.4 Å². The summed E-state index contributed by atoms with van der Waals surface area (Å²) in [7, 11) is 0. The molecule has 5 rings (SSSR count). The van der Waals surface area contributed by atoms with Gasteiger partial charge in [0.1, 0.15) is 11.6 Å². The van der Waals surface area contributed by atoms with Crippen LogP contribution < -0.4 is 15.4 Å². The van der Waals surface area contributed by atoms with Crippen molar-refractivity contribution in [2.24, 2.45) is 5.92 Å². The number of carbonyl (C=O) groups is 2. The molecule has 37 heavy (non-hydrogen) atoms. The third-order valence-corrected chi connectivity index (χ3v) is 6.45. The van der Waals surface area contributed by atoms with Gasteiger partial charge in [0.25, 0.3) is 5.91 Å². The molecule has 0 aliphatic heterocycles. The first-order valence-corrected chi connectivity index (χ1v) is 12.2. The van der Waals surface area contributed by atoms with E-state index in [4.69, 9.17) is 4.74 Å². The second-order valence-corrected chi connectivity index (χ2v) is 9.19. The number of aromatic nitrogens is 4. The highest BCUT2D eigenvalue weighted by atomic mass is 19.1. The smallest absolute Gasteiger partial charge is 0.253 e. The van der Waals surface area contributed by atoms with Crippen LogP contribution in [0, 0.1) is 18.7 Å². The summed E-state index contributed by atoms with van der Waals surface area (Å²) >= 11 is 0. The Labute approximate surface area is 213 Å². The van der Waals surface area contributed by atoms with Crippen molar-refractivity contribution in [1.82, 2.24) is 24.9 Å². The van der Waals surface area contributed by atoms with Gasteiger partial charge in [-0.25, -0.2) is 13.9 Å². The van der Waals surface area contributed by atoms with Gasteiger partial charge in [0.2, 0.25) is 5.91 Å². The van der Waals surface area contributed by atoms with E-state index < -0.39 is 5.82 Å². The van der Waals surface area contributed by atoms with E-state index in [9.17, 15) is 14.0 Å². The van der Waals surface area contributed by atoms with Crippen molar-refractivity contribution in [1.29, 1.82) is 0 Å². The lowest BCUT2D eigenvalue weighted by Crippen LogP contribution is -2.25. The number of hydrogen-bond acceptors (Lipinski definition) is 6. The SMILES string of the molecule is CC(=O)Nc1cn2nc(-c3cnc(C)c(C(=O)NCc4c(F)cccc4OCC4CCC4)c3)ccc2n1. The molecule has 0 bridgehead atoms. The number of anilines is 1. The van der Waals surface area contributed by atoms with Crippen molar-refractivity contribution >= 4 is 23.3 Å². The van der Waals surface area contributed by atoms with E-state index in [0.717, 1.165) is 12.8 Å². The predicted molar refractivity (Wildman–Crippen MR) is 136 cm³/mol. The second-order valence-electron chi connectivity index (χ2n) is 9.19. The molecule has 190 valence electrons. The van der Waals surface area contributed by atoms with Crippen molar-refractivity contribution < 1.29 is 18.7 Å². The van der Waals surface area contributed by atoms with E-state index in [1.165, 1.54) is 19.4 Å². The van der Waals surface area contributed by atoms with Crippen molar-refractivity contribution in [3.63, 3.8) is 0 Å². The summed E-state index contributed by atoms with van der Waals surface area (Å²) in [5, 5.41) is 9.97. The van der Waals surface area contributed by atoms with Gasteiger partial charge in [0.15, 0.2) is 11.5 Å². The number of ether oxygens (including phenoxy) is 1. The van der Waals surface area contributed by atoms with Gasteiger partial charge in [-0.2, -0.15) is 5.10 Å². The predicted octanol–water partition coefficient (Wildman–Crippen LogP) is 4.31. The van der Waals surface area contributed by atoms with Crippen LogP contribution in [0.25, 0.3) is 16.9 Å². The van der Waals surface area contributed by atoms with Gasteiger partial charge in [0.05, 0.1) is 29.8 Å². The number of aryl methyl sites for hydroxylation is 1. The third kappa shape index (κ3) is 5.42. The van der Waals surface area contributed by atoms with Crippen LogP contribution in [0.3, 0.4) is 0 Å². The minimum Gasteiger partial charge on any atom is -0.493 e. The molecule has 0 spiro atoms. The van der Waals surface area contributed by atoms with Crippen LogP contribution in [0.5, 0.6) is 5.75 Å². The number of carbonyl (C=O) groups excluding carboxylic acids is 2. The summed E-state index contributed by atoms with van der Waals surface area (Å²) in [5.74, 6) is 0.322. The number of hydrogen-bond donors (Lipinski definition) is 2. The molecular formula is C27H27FN6O3. The first-order chi connectivity index (χ1) is 17.9. The quantitative estimate of drug-likeness (QED) is 0.372. The van der Waals surface area contributed by atoms with E-state index in [2.05, 4.69) is 25.7 Å². The molecule has 1 aromatic carbocycles. The topological polar surface area (TPSA) is 111 Å². The number of imidazole rings is 1. The van der Waals surface area contributed by atoms with Gasteiger partial charge in [0, 0.05) is 30.8 Å². The average Bonchev–Trinajstić information content (AvgIpc) is 3.23. The molecule has 0 unspecified atom stereocenters. The molecular weight excluding hydrogens is 475 g/mol. The molecule has 2 amide bonds. The minimum atomic E-state index is -0.425. The van der Waals surface area contributed by atoms with Crippen LogP contribution in [0.2, 0.25) is 0 Å². The summed E-state index contributed by atoms with van der Waals surface area (Å²) in [5.41, 5.74) is 2.97. The zero-order valence-electron chi connectivity index (χ0n) is 20.6. The molecule has 1 aliphatic rings. The largest absolute Gasteiger partial charge is 0.493 e. The highest BCUT2D eigenvalue weighted by Crippen LogP contribution is 2.29. The molecule has 1 fully saturated rings. The van der Waals surface area contributed by atoms with Gasteiger partial charge in [-0.3, -0.25) is 14.6 Å². The highest BCUT2D eigenvalue weighted by Gasteiger charge is 2.20. The van der Waals surface area contributed by atoms with Crippen molar-refractivity contribution in [3.8, 4) is 17.0 Å². The standard InChI is InChI=1S/C27H27FN6O3/c1-16-20(27(36)30-13-21-22(28)7-4-8-24(21)37-15-18-5-3-6-18)11-19(12-29-16)23-9-10-26-32-25(31-17(2)35)14-34(26)33-23/h4,7-12,14,18H,3,5-6,13,15H2,1-2H3,(H,30,36)(H,31,35). The Bertz CT molecular complexity index is 1480. The van der Waals surface area contributed by atoms with Gasteiger partial charge in [-0.05, 0) is 56.0 Å². The van der Waals surface area contributed by atoms with Gasteiger partial charge >= 0.3 is 0 Å². The van der Waals surface area contributed by atoms with Crippen molar-refractivity contribution in [2.45, 2.75) is 39.7 Å². The Balaban J connectivity index is 1.33. The fraction of sp³-hybridized carbons (Fsp3) is 0.296. The zero-order valence-corrected chi connectivity index (χ0v) is 20.6. The second kappa shape index (κ2) is 10.3. The van der Waals surface area contributed by atoms with E-state index in [-0.39, 0.29) is 18.4 Å². The molecule has 1 aliphatic carbocycles. The Morgan fingerprint density at radius 3 is 2.81 bits per heavy atom. The normalized spacial score (nSPS) is 13.3. The molecule has 0 saturated heterocycles. The average molecular weight is 503 g/mol. The first kappa shape index (κ1) is 24.4. The van der Waals surface area contributed by atoms with Gasteiger partial charge in [-0.15, -0.1) is 0 Å². The van der Waals surface area contributed by atoms with Crippen LogP contribution in [0.1, 0.15) is 47.8 Å². The van der Waals surface area contributed by atoms with E-state index in [1.54, 1.807) is 54.2 Å². The van der Waals surface area contributed by atoms with Gasteiger partial charge in [-0.1, -0.05) is 12.5 Å². The molecule has 0 atom stereocenters. The lowest BCUT2D eigenvalue weighted by Gasteiger charge is -2.25. The van der Waals surface area contributed by atoms with Crippen molar-refractivity contribution in [3.05, 3.63) is 71.4 Å². The Kier molecular flexibility index (Phi) is 6.80. The summed E-state index contributed by atoms with van der Waals surface area (Å²) < 4.78 is 22.0. The van der Waals surface area contributed by atoms with Crippen LogP contribution >= 0.6 is 0 Å². The minimum absolute atomic E-state index is 0.0135. The summed E-state index contributed by atoms with van der Waals surface area (Å²) in [6.07, 6.45) is 6.70. The Morgan fingerprint density at radius 1 is 1.22 bits per heavy atom. The number of fused-ring (bicyclic) bond motifs is 1. The fourth-order valence-corrected chi connectivity index (χ4v) is 4.16. The molecule has 9 nitrogen and oxygen atoms in total. The van der Waals surface area contributed by atoms with Crippen LogP contribution in [0.4, 0.5) is 10.2 Å². The molecule has 10 heteroatoms. The fourth-order valence-electron chi connectivity index (χ4n) is 4.16. The molecule has 4 aromatic rings. The number of nitrogens with zero attached hydrogens (tertiary/aromatic N) is 4. The monoisotopic (exact) mass is 502 g/mol. The molecule has 0 radical (unpaired) electrons. The van der Waals surface area contributed by atoms with Crippen LogP contribution in [0.15, 0.2) is 48.8 Å². The number of halogens is 1. The summed E-state index contributed by atoms with van der Waals surface area (Å²) in [6, 6.07) is 9.92. The molecule has 1 saturated carbocycles. The third-order valence-electron chi connectivity index (χ3n) is 6.45. The lowest BCUT2D eigenvalue weighted by atomic mass is 9.86. The number of rotatable bonds is 8. The van der Waals surface area contributed by atoms with E-state index in [0.29, 0.717) is 57.8 Å². The Hall–Kier alpha value is -4.34. The van der Waals surface area contributed by atoms with Crippen LogP contribution in [-0.4, -0.2) is 38.0 Å². The van der Waals surface area contributed by atoms with Crippen LogP contribution in [-0.2, 0) is 11.3 Å². The maximum atomic E-state index is 14.6. The number of benzene rings is 1. The molecule has 3 heterocycles. The number of pyridine rings is 1. The number of amides is 2. The number of nitrogens with one attached hydrogen (secondary N) is 2. The summed E-state index contributed by atoms with van der Waals surface area (Å²) in [4.78, 5) is 33.1. The zero-order chi connectivity index (χ0) is 25.9.